The number of carboxylic acids is 1. The maximum atomic E-state index is 12.6. The normalized spacial score (nSPS) is 10.8. The van der Waals surface area contributed by atoms with Crippen LogP contribution in [0.25, 0.3) is 0 Å². The van der Waals surface area contributed by atoms with Crippen LogP contribution >= 0.6 is 0 Å². The number of carbonyl (C=O) groups is 1. The molecular weight excluding hydrogens is 423 g/mol. The van der Waals surface area contributed by atoms with Crippen LogP contribution in [0.1, 0.15) is 32.7 Å². The fourth-order valence-electron chi connectivity index (χ4n) is 2.76. The van der Waals surface area contributed by atoms with Crippen molar-refractivity contribution in [1.29, 1.82) is 0 Å². The monoisotopic (exact) mass is 441 g/mol. The molecule has 3 rings (SSSR count). The second-order valence-electron chi connectivity index (χ2n) is 6.91. The largest absolute Gasteiger partial charge is 0.478 e. The summed E-state index contributed by atoms with van der Waals surface area (Å²) in [5, 5.41) is 9.23. The second kappa shape index (κ2) is 9.43. The van der Waals surface area contributed by atoms with Crippen molar-refractivity contribution in [3.05, 3.63) is 82.7 Å². The Kier molecular flexibility index (Phi) is 6.69. The lowest BCUT2D eigenvalue weighted by molar-refractivity contribution is -0.141. The van der Waals surface area contributed by atoms with E-state index in [1.54, 1.807) is 25.1 Å². The Morgan fingerprint density at radius 2 is 1.81 bits per heavy atom. The number of benzene rings is 2. The number of pyridine rings is 1. The number of aryl methyl sites for hydroxylation is 2. The van der Waals surface area contributed by atoms with E-state index in [-0.39, 0.29) is 12.2 Å². The number of nitrogens with zero attached hydrogens (tertiary/aromatic N) is 1. The van der Waals surface area contributed by atoms with Gasteiger partial charge in [0.15, 0.2) is 11.5 Å². The average Bonchev–Trinajstić information content (AvgIpc) is 2.72. The van der Waals surface area contributed by atoms with Crippen LogP contribution in [0.3, 0.4) is 0 Å². The Bertz CT molecular complexity index is 1190. The number of aromatic carboxylic acids is 1. The smallest absolute Gasteiger partial charge is 0.433 e. The number of hydrogen-bond acceptors (Lipinski definition) is 4. The average molecular weight is 441 g/mol. The standard InChI is InChI=1S/C24H18F3NO4/c1-15-5-7-20(32-19-11-16(2)10-18(13-19)23(29)30)21(12-15)31-9-3-4-17-6-8-22(28-14-17)24(25,26)27/h5-8,10-14H,9H2,1-2H3,(H,29,30). The maximum absolute atomic E-state index is 12.6. The van der Waals surface area contributed by atoms with Crippen molar-refractivity contribution in [2.24, 2.45) is 0 Å². The van der Waals surface area contributed by atoms with Crippen LogP contribution in [0, 0.1) is 25.7 Å². The molecule has 164 valence electrons. The van der Waals surface area contributed by atoms with Gasteiger partial charge in [-0.2, -0.15) is 13.2 Å². The summed E-state index contributed by atoms with van der Waals surface area (Å²) < 4.78 is 49.2. The Labute approximate surface area is 182 Å². The van der Waals surface area contributed by atoms with Crippen molar-refractivity contribution in [3.8, 4) is 29.1 Å². The van der Waals surface area contributed by atoms with Crippen molar-refractivity contribution >= 4 is 5.97 Å². The molecule has 3 aromatic rings. The van der Waals surface area contributed by atoms with E-state index in [4.69, 9.17) is 9.47 Å². The minimum Gasteiger partial charge on any atom is -0.478 e. The quantitative estimate of drug-likeness (QED) is 0.519. The summed E-state index contributed by atoms with van der Waals surface area (Å²) in [4.78, 5) is 14.6. The summed E-state index contributed by atoms with van der Waals surface area (Å²) >= 11 is 0. The highest BCUT2D eigenvalue weighted by Crippen LogP contribution is 2.33. The van der Waals surface area contributed by atoms with Crippen molar-refractivity contribution < 1.29 is 32.5 Å². The van der Waals surface area contributed by atoms with Gasteiger partial charge in [0.05, 0.1) is 5.56 Å². The molecular formula is C24H18F3NO4. The SMILES string of the molecule is Cc1cc(Oc2ccc(C)cc2OCC#Cc2ccc(C(F)(F)F)nc2)cc(C(=O)O)c1. The van der Waals surface area contributed by atoms with Crippen LogP contribution in [-0.2, 0) is 6.18 Å². The molecule has 0 aliphatic heterocycles. The molecule has 2 aromatic carbocycles. The number of ether oxygens (including phenoxy) is 2. The predicted octanol–water partition coefficient (Wildman–Crippen LogP) is 5.64. The molecule has 1 heterocycles. The van der Waals surface area contributed by atoms with Gasteiger partial charge in [-0.1, -0.05) is 17.9 Å². The highest BCUT2D eigenvalue weighted by molar-refractivity contribution is 5.88. The van der Waals surface area contributed by atoms with Gasteiger partial charge >= 0.3 is 12.1 Å². The molecule has 0 radical (unpaired) electrons. The van der Waals surface area contributed by atoms with Gasteiger partial charge in [-0.25, -0.2) is 4.79 Å². The van der Waals surface area contributed by atoms with Gasteiger partial charge in [-0.3, -0.25) is 4.98 Å². The zero-order valence-corrected chi connectivity index (χ0v) is 17.2. The number of hydrogen-bond donors (Lipinski definition) is 1. The first-order chi connectivity index (χ1) is 15.1. The molecule has 0 amide bonds. The van der Waals surface area contributed by atoms with Gasteiger partial charge in [-0.05, 0) is 67.4 Å². The highest BCUT2D eigenvalue weighted by atomic mass is 19.4. The first-order valence-corrected chi connectivity index (χ1v) is 9.40. The Morgan fingerprint density at radius 1 is 1.03 bits per heavy atom. The maximum Gasteiger partial charge on any atom is 0.433 e. The number of carboxylic acid groups (broad SMARTS) is 1. The van der Waals surface area contributed by atoms with Crippen LogP contribution in [0.2, 0.25) is 0 Å². The van der Waals surface area contributed by atoms with Gasteiger partial charge < -0.3 is 14.6 Å². The van der Waals surface area contributed by atoms with Crippen LogP contribution in [0.15, 0.2) is 54.7 Å². The van der Waals surface area contributed by atoms with Crippen molar-refractivity contribution in [2.45, 2.75) is 20.0 Å². The van der Waals surface area contributed by atoms with Gasteiger partial charge in [-0.15, -0.1) is 0 Å². The van der Waals surface area contributed by atoms with Gasteiger partial charge in [0.25, 0.3) is 0 Å². The third kappa shape index (κ3) is 6.01. The molecule has 1 N–H and O–H groups in total. The van der Waals surface area contributed by atoms with E-state index < -0.39 is 17.8 Å². The lowest BCUT2D eigenvalue weighted by Crippen LogP contribution is -2.07. The summed E-state index contributed by atoms with van der Waals surface area (Å²) in [6.07, 6.45) is -3.45. The molecule has 0 unspecified atom stereocenters. The molecule has 8 heteroatoms. The zero-order chi connectivity index (χ0) is 23.3. The number of aromatic nitrogens is 1. The van der Waals surface area contributed by atoms with E-state index in [0.29, 0.717) is 22.8 Å². The zero-order valence-electron chi connectivity index (χ0n) is 17.2. The molecule has 1 aromatic heterocycles. The van der Waals surface area contributed by atoms with Gasteiger partial charge in [0.2, 0.25) is 0 Å². The molecule has 5 nitrogen and oxygen atoms in total. The molecule has 0 aliphatic rings. The second-order valence-corrected chi connectivity index (χ2v) is 6.91. The van der Waals surface area contributed by atoms with Gasteiger partial charge in [0.1, 0.15) is 18.1 Å². The summed E-state index contributed by atoms with van der Waals surface area (Å²) in [6, 6.07) is 12.0. The Balaban J connectivity index is 1.73. The Morgan fingerprint density at radius 3 is 2.47 bits per heavy atom. The number of alkyl halides is 3. The first-order valence-electron chi connectivity index (χ1n) is 9.40. The predicted molar refractivity (Wildman–Crippen MR) is 111 cm³/mol. The third-order valence-electron chi connectivity index (χ3n) is 4.21. The van der Waals surface area contributed by atoms with Crippen LogP contribution < -0.4 is 9.47 Å². The lowest BCUT2D eigenvalue weighted by atomic mass is 10.1. The van der Waals surface area contributed by atoms with E-state index in [9.17, 15) is 23.1 Å². The number of rotatable bonds is 5. The van der Waals surface area contributed by atoms with Crippen LogP contribution in [0.4, 0.5) is 13.2 Å². The highest BCUT2D eigenvalue weighted by Gasteiger charge is 2.31. The van der Waals surface area contributed by atoms with Crippen molar-refractivity contribution in [1.82, 2.24) is 4.98 Å². The summed E-state index contributed by atoms with van der Waals surface area (Å²) in [5.41, 5.74) is 1.07. The van der Waals surface area contributed by atoms with Crippen molar-refractivity contribution in [3.63, 3.8) is 0 Å². The van der Waals surface area contributed by atoms with E-state index in [2.05, 4.69) is 16.8 Å². The van der Waals surface area contributed by atoms with E-state index in [1.165, 1.54) is 18.2 Å². The van der Waals surface area contributed by atoms with E-state index in [0.717, 1.165) is 23.4 Å². The number of halogens is 3. The van der Waals surface area contributed by atoms with Crippen molar-refractivity contribution in [2.75, 3.05) is 6.61 Å². The minimum absolute atomic E-state index is 0.0466. The molecule has 0 fully saturated rings. The molecule has 0 spiro atoms. The van der Waals surface area contributed by atoms with Crippen LogP contribution in [-0.4, -0.2) is 22.7 Å². The van der Waals surface area contributed by atoms with Crippen LogP contribution in [0.5, 0.6) is 17.2 Å². The lowest BCUT2D eigenvalue weighted by Gasteiger charge is -2.13. The molecule has 0 atom stereocenters. The molecule has 0 saturated heterocycles. The topological polar surface area (TPSA) is 68.7 Å². The molecule has 0 saturated carbocycles. The summed E-state index contributed by atoms with van der Waals surface area (Å²) in [5.74, 6) is 5.46. The Hall–Kier alpha value is -3.99. The fraction of sp³-hybridized carbons (Fsp3) is 0.167. The molecule has 0 bridgehead atoms. The molecule has 32 heavy (non-hydrogen) atoms. The van der Waals surface area contributed by atoms with Gasteiger partial charge in [0, 0.05) is 11.8 Å². The third-order valence-corrected chi connectivity index (χ3v) is 4.21. The summed E-state index contributed by atoms with van der Waals surface area (Å²) in [6.45, 7) is 3.58. The summed E-state index contributed by atoms with van der Waals surface area (Å²) in [7, 11) is 0. The van der Waals surface area contributed by atoms with E-state index in [1.807, 2.05) is 13.0 Å². The van der Waals surface area contributed by atoms with E-state index >= 15 is 0 Å². The molecule has 0 aliphatic carbocycles. The first kappa shape index (κ1) is 22.7. The fourth-order valence-corrected chi connectivity index (χ4v) is 2.76. The minimum atomic E-state index is -4.50.